The first-order chi connectivity index (χ1) is 20.1. The number of aliphatic hydroxyl groups excluding tert-OH is 1. The van der Waals surface area contributed by atoms with E-state index in [0.29, 0.717) is 24.4 Å². The maximum Gasteiger partial charge on any atom is 0.302 e. The fourth-order valence-electron chi connectivity index (χ4n) is 7.16. The minimum atomic E-state index is -0.228. The zero-order valence-corrected chi connectivity index (χ0v) is 25.7. The van der Waals surface area contributed by atoms with E-state index in [0.717, 1.165) is 83.8 Å². The Balaban J connectivity index is 1.41. The van der Waals surface area contributed by atoms with E-state index >= 15 is 0 Å². The average Bonchev–Trinajstić information content (AvgIpc) is 3.52. The van der Waals surface area contributed by atoms with Crippen molar-refractivity contribution >= 4 is 5.97 Å². The summed E-state index contributed by atoms with van der Waals surface area (Å²) in [5.74, 6) is 1.19. The fraction of sp³-hybridized carbons (Fsp3) is 0.853. The molecule has 41 heavy (non-hydrogen) atoms. The highest BCUT2D eigenvalue weighted by atomic mass is 16.7. The molecule has 4 rings (SSSR count). The summed E-state index contributed by atoms with van der Waals surface area (Å²) in [5.41, 5.74) is 1.40. The van der Waals surface area contributed by atoms with Crippen molar-refractivity contribution in [2.24, 2.45) is 23.7 Å². The summed E-state index contributed by atoms with van der Waals surface area (Å²) in [7, 11) is 0. The lowest BCUT2D eigenvalue weighted by Crippen LogP contribution is -2.31. The van der Waals surface area contributed by atoms with Gasteiger partial charge in [0.1, 0.15) is 0 Å². The third-order valence-electron chi connectivity index (χ3n) is 9.44. The minimum absolute atomic E-state index is 0.0616. The van der Waals surface area contributed by atoms with Crippen molar-refractivity contribution in [3.05, 3.63) is 23.8 Å². The summed E-state index contributed by atoms with van der Waals surface area (Å²) in [4.78, 5) is 11.1. The molecule has 1 saturated carbocycles. The highest BCUT2D eigenvalue weighted by molar-refractivity contribution is 5.65. The van der Waals surface area contributed by atoms with Gasteiger partial charge in [-0.05, 0) is 88.9 Å². The number of allylic oxidation sites excluding steroid dienone is 1. The van der Waals surface area contributed by atoms with Crippen LogP contribution in [0.25, 0.3) is 0 Å². The summed E-state index contributed by atoms with van der Waals surface area (Å²) < 4.78 is 30.2. The molecular formula is C34H56O7. The van der Waals surface area contributed by atoms with Gasteiger partial charge in [-0.2, -0.15) is 0 Å². The number of fused-ring (bicyclic) bond motifs is 1. The molecular weight excluding hydrogens is 520 g/mol. The smallest absolute Gasteiger partial charge is 0.302 e. The molecule has 2 aliphatic heterocycles. The van der Waals surface area contributed by atoms with Crippen LogP contribution in [0, 0.1) is 23.7 Å². The zero-order valence-electron chi connectivity index (χ0n) is 25.7. The molecule has 0 aromatic heterocycles. The quantitative estimate of drug-likeness (QED) is 0.115. The Morgan fingerprint density at radius 1 is 1.05 bits per heavy atom. The van der Waals surface area contributed by atoms with Crippen LogP contribution in [-0.2, 0) is 28.5 Å². The average molecular weight is 577 g/mol. The normalized spacial score (nSPS) is 31.6. The lowest BCUT2D eigenvalue weighted by Gasteiger charge is -2.30. The van der Waals surface area contributed by atoms with Crippen LogP contribution in [0.1, 0.15) is 110 Å². The Kier molecular flexibility index (Phi) is 14.2. The fourth-order valence-corrected chi connectivity index (χ4v) is 7.16. The number of aliphatic hydroxyl groups is 1. The first-order valence-corrected chi connectivity index (χ1v) is 16.7. The number of carbonyl (C=O) groups is 1. The molecule has 0 aromatic carbocycles. The Hall–Kier alpha value is -1.25. The van der Waals surface area contributed by atoms with Crippen molar-refractivity contribution in [1.82, 2.24) is 0 Å². The predicted octanol–water partition coefficient (Wildman–Crippen LogP) is 6.87. The molecule has 0 radical (unpaired) electrons. The lowest BCUT2D eigenvalue weighted by molar-refractivity contribution is -0.193. The van der Waals surface area contributed by atoms with Gasteiger partial charge in [0, 0.05) is 38.6 Å². The topological polar surface area (TPSA) is 83.5 Å². The van der Waals surface area contributed by atoms with Crippen LogP contribution in [0.15, 0.2) is 23.8 Å². The molecule has 7 heteroatoms. The van der Waals surface area contributed by atoms with Crippen molar-refractivity contribution in [3.63, 3.8) is 0 Å². The van der Waals surface area contributed by atoms with E-state index in [1.54, 1.807) is 0 Å². The first kappa shape index (κ1) is 32.7. The van der Waals surface area contributed by atoms with Crippen LogP contribution in [0.4, 0.5) is 0 Å². The molecule has 7 nitrogen and oxygen atoms in total. The van der Waals surface area contributed by atoms with Gasteiger partial charge in [-0.25, -0.2) is 0 Å². The molecule has 4 aliphatic rings. The van der Waals surface area contributed by atoms with Gasteiger partial charge in [0.15, 0.2) is 12.6 Å². The summed E-state index contributed by atoms with van der Waals surface area (Å²) in [6, 6.07) is 0. The third kappa shape index (κ3) is 10.5. The van der Waals surface area contributed by atoms with Gasteiger partial charge in [0.05, 0.1) is 18.8 Å². The molecule has 234 valence electrons. The van der Waals surface area contributed by atoms with Crippen LogP contribution in [-0.4, -0.2) is 62.3 Å². The summed E-state index contributed by atoms with van der Waals surface area (Å²) >= 11 is 0. The Morgan fingerprint density at radius 3 is 2.49 bits per heavy atom. The van der Waals surface area contributed by atoms with Crippen LogP contribution in [0.3, 0.4) is 0 Å². The van der Waals surface area contributed by atoms with Gasteiger partial charge in [-0.1, -0.05) is 50.0 Å². The molecule has 8 atom stereocenters. The van der Waals surface area contributed by atoms with E-state index in [9.17, 15) is 9.90 Å². The molecule has 2 heterocycles. The second-order valence-electron chi connectivity index (χ2n) is 12.6. The molecule has 3 fully saturated rings. The van der Waals surface area contributed by atoms with Gasteiger partial charge in [-0.15, -0.1) is 0 Å². The molecule has 2 saturated heterocycles. The summed E-state index contributed by atoms with van der Waals surface area (Å²) in [5, 5.41) is 10.3. The van der Waals surface area contributed by atoms with Gasteiger partial charge < -0.3 is 28.8 Å². The van der Waals surface area contributed by atoms with Gasteiger partial charge in [0.2, 0.25) is 0 Å². The summed E-state index contributed by atoms with van der Waals surface area (Å²) in [6.07, 6.45) is 23.0. The number of hydrogen-bond donors (Lipinski definition) is 1. The lowest BCUT2D eigenvalue weighted by atomic mass is 9.86. The van der Waals surface area contributed by atoms with Gasteiger partial charge in [-0.3, -0.25) is 4.79 Å². The standard InChI is InChI=1S/C34H56O7/c1-3-4-5-13-29(40-33-14-7-10-19-38-33)16-17-30-31-22-27(26(24-35)12-6-9-18-37-25(2)36)21-28(31)23-32(30)41-34-15-8-11-20-39-34/h16-17,21,26,28-35H,3-15,18-20,22-24H2,1-2H3. The van der Waals surface area contributed by atoms with Crippen molar-refractivity contribution in [2.75, 3.05) is 26.4 Å². The number of rotatable bonds is 17. The first-order valence-electron chi connectivity index (χ1n) is 16.7. The Labute approximate surface area is 248 Å². The van der Waals surface area contributed by atoms with E-state index in [1.807, 2.05) is 0 Å². The summed E-state index contributed by atoms with van der Waals surface area (Å²) in [6.45, 7) is 5.91. The highest BCUT2D eigenvalue weighted by Gasteiger charge is 2.46. The second-order valence-corrected chi connectivity index (χ2v) is 12.6. The van der Waals surface area contributed by atoms with E-state index in [2.05, 4.69) is 25.2 Å². The monoisotopic (exact) mass is 576 g/mol. The predicted molar refractivity (Wildman–Crippen MR) is 159 cm³/mol. The van der Waals surface area contributed by atoms with Crippen LogP contribution in [0.2, 0.25) is 0 Å². The van der Waals surface area contributed by atoms with E-state index < -0.39 is 0 Å². The van der Waals surface area contributed by atoms with E-state index in [4.69, 9.17) is 23.7 Å². The Morgan fingerprint density at radius 2 is 1.80 bits per heavy atom. The van der Waals surface area contributed by atoms with E-state index in [-0.39, 0.29) is 43.3 Å². The van der Waals surface area contributed by atoms with Gasteiger partial charge in [0.25, 0.3) is 0 Å². The highest BCUT2D eigenvalue weighted by Crippen LogP contribution is 2.50. The largest absolute Gasteiger partial charge is 0.466 e. The van der Waals surface area contributed by atoms with Gasteiger partial charge >= 0.3 is 5.97 Å². The molecule has 2 aliphatic carbocycles. The van der Waals surface area contributed by atoms with Crippen molar-refractivity contribution in [2.45, 2.75) is 135 Å². The third-order valence-corrected chi connectivity index (χ3v) is 9.44. The Bertz CT molecular complexity index is 814. The van der Waals surface area contributed by atoms with Crippen molar-refractivity contribution in [1.29, 1.82) is 0 Å². The van der Waals surface area contributed by atoms with Crippen LogP contribution in [0.5, 0.6) is 0 Å². The molecule has 0 bridgehead atoms. The number of carbonyl (C=O) groups excluding carboxylic acids is 1. The van der Waals surface area contributed by atoms with E-state index in [1.165, 1.54) is 38.2 Å². The number of ether oxygens (including phenoxy) is 5. The van der Waals surface area contributed by atoms with Crippen molar-refractivity contribution in [3.8, 4) is 0 Å². The maximum absolute atomic E-state index is 11.1. The number of hydrogen-bond acceptors (Lipinski definition) is 7. The second kappa shape index (κ2) is 17.8. The molecule has 0 amide bonds. The zero-order chi connectivity index (χ0) is 28.9. The number of esters is 1. The van der Waals surface area contributed by atoms with Crippen molar-refractivity contribution < 1.29 is 33.6 Å². The molecule has 8 unspecified atom stereocenters. The minimum Gasteiger partial charge on any atom is -0.466 e. The van der Waals surface area contributed by atoms with Crippen LogP contribution >= 0.6 is 0 Å². The molecule has 0 aromatic rings. The molecule has 1 N–H and O–H groups in total. The number of unbranched alkanes of at least 4 members (excludes halogenated alkanes) is 3. The molecule has 0 spiro atoms. The maximum atomic E-state index is 11.1. The SMILES string of the molecule is CCCCCC(C=CC1C(OC2CCCCO2)CC2C=C(C(CO)CCCCOC(C)=O)CC21)OC1CCCCO1. The van der Waals surface area contributed by atoms with Crippen LogP contribution < -0.4 is 0 Å².